The van der Waals surface area contributed by atoms with Crippen molar-refractivity contribution in [2.75, 3.05) is 38.1 Å². The van der Waals surface area contributed by atoms with Crippen LogP contribution in [0.25, 0.3) is 10.6 Å². The van der Waals surface area contributed by atoms with E-state index in [1.54, 1.807) is 28.3 Å². The molecular weight excluding hydrogens is 625 g/mol. The molecule has 2 aromatic carbocycles. The number of rotatable bonds is 11. The first-order chi connectivity index (χ1) is 22.4. The Kier molecular flexibility index (Phi) is 11.6. The molecule has 0 saturated heterocycles. The van der Waals surface area contributed by atoms with E-state index in [1.807, 2.05) is 81.8 Å². The van der Waals surface area contributed by atoms with Crippen LogP contribution in [0.3, 0.4) is 0 Å². The predicted octanol–water partition coefficient (Wildman–Crippen LogP) is 6.37. The molecule has 3 amide bonds. The summed E-state index contributed by atoms with van der Waals surface area (Å²) < 4.78 is 5.57. The van der Waals surface area contributed by atoms with Gasteiger partial charge in [-0.2, -0.15) is 0 Å². The summed E-state index contributed by atoms with van der Waals surface area (Å²) in [5.74, 6) is -0.374. The van der Waals surface area contributed by atoms with Gasteiger partial charge in [-0.05, 0) is 64.3 Å². The van der Waals surface area contributed by atoms with Crippen LogP contribution < -0.4 is 10.2 Å². The van der Waals surface area contributed by atoms with Crippen molar-refractivity contribution in [2.45, 2.75) is 92.5 Å². The Bertz CT molecular complexity index is 1580. The molecule has 0 atom stereocenters. The molecule has 1 aromatic heterocycles. The second kappa shape index (κ2) is 15.1. The van der Waals surface area contributed by atoms with Gasteiger partial charge in [-0.25, -0.2) is 14.8 Å². The van der Waals surface area contributed by atoms with E-state index >= 15 is 0 Å². The fourth-order valence-corrected chi connectivity index (χ4v) is 6.48. The fraction of sp³-hybridized carbons (Fsp3) is 0.514. The van der Waals surface area contributed by atoms with Gasteiger partial charge in [0, 0.05) is 61.3 Å². The Morgan fingerprint density at radius 2 is 1.65 bits per heavy atom. The molecule has 4 rings (SSSR count). The summed E-state index contributed by atoms with van der Waals surface area (Å²) in [6.07, 6.45) is -0.421. The monoisotopic (exact) mass is 676 g/mol. The van der Waals surface area contributed by atoms with Gasteiger partial charge in [0.25, 0.3) is 5.91 Å². The van der Waals surface area contributed by atoms with Gasteiger partial charge in [-0.15, -0.1) is 11.3 Å². The number of amides is 3. The molecule has 0 saturated carbocycles. The average Bonchev–Trinajstić information content (AvgIpc) is 3.66. The number of nitrogens with one attached hydrogen (secondary N) is 1. The van der Waals surface area contributed by atoms with E-state index in [9.17, 15) is 14.4 Å². The number of carbonyl (C=O) groups is 3. The van der Waals surface area contributed by atoms with Gasteiger partial charge in [-0.1, -0.05) is 57.2 Å². The van der Waals surface area contributed by atoms with Gasteiger partial charge >= 0.3 is 6.09 Å². The first-order valence-corrected chi connectivity index (χ1v) is 17.5. The quantitative estimate of drug-likeness (QED) is 0.252. The maximum absolute atomic E-state index is 13.8. The second-order valence-corrected chi connectivity index (χ2v) is 15.6. The van der Waals surface area contributed by atoms with Crippen LogP contribution in [0, 0.1) is 6.92 Å². The maximum atomic E-state index is 13.8. The van der Waals surface area contributed by atoms with E-state index in [4.69, 9.17) is 9.72 Å². The van der Waals surface area contributed by atoms with Gasteiger partial charge in [-0.3, -0.25) is 14.6 Å². The van der Waals surface area contributed by atoms with Gasteiger partial charge in [0.2, 0.25) is 5.91 Å². The smallest absolute Gasteiger partial charge is 0.410 e. The molecule has 0 aliphatic carbocycles. The molecule has 48 heavy (non-hydrogen) atoms. The maximum Gasteiger partial charge on any atom is 0.410 e. The number of benzene rings is 2. The lowest BCUT2D eigenvalue weighted by molar-refractivity contribution is -0.145. The van der Waals surface area contributed by atoms with Gasteiger partial charge in [0.1, 0.15) is 10.6 Å². The minimum Gasteiger partial charge on any atom is -0.444 e. The molecule has 3 aromatic rings. The predicted molar refractivity (Wildman–Crippen MR) is 193 cm³/mol. The van der Waals surface area contributed by atoms with Gasteiger partial charge in [0.05, 0.1) is 18.8 Å². The number of fused-ring (bicyclic) bond motifs is 1. The number of hydrogen-bond donors (Lipinski definition) is 1. The highest BCUT2D eigenvalue weighted by Crippen LogP contribution is 2.33. The Labute approximate surface area is 290 Å². The summed E-state index contributed by atoms with van der Waals surface area (Å²) >= 11 is 1.59. The lowest BCUT2D eigenvalue weighted by Gasteiger charge is -2.32. The van der Waals surface area contributed by atoms with Crippen molar-refractivity contribution in [1.82, 2.24) is 25.2 Å². The Balaban J connectivity index is 1.53. The van der Waals surface area contributed by atoms with Gasteiger partial charge < -0.3 is 19.9 Å². The number of carbonyl (C=O) groups excluding carboxylic acids is 3. The Morgan fingerprint density at radius 1 is 1.00 bits per heavy atom. The van der Waals surface area contributed by atoms with Crippen molar-refractivity contribution < 1.29 is 19.1 Å². The number of likely N-dealkylation sites (N-methyl/N-ethyl adjacent to an activating group) is 1. The highest BCUT2D eigenvalue weighted by atomic mass is 32.1. The molecule has 10 nitrogen and oxygen atoms in total. The summed E-state index contributed by atoms with van der Waals surface area (Å²) in [5, 5.41) is 9.63. The fourth-order valence-electron chi connectivity index (χ4n) is 5.44. The van der Waals surface area contributed by atoms with Crippen molar-refractivity contribution in [1.29, 1.82) is 0 Å². The van der Waals surface area contributed by atoms with E-state index in [-0.39, 0.29) is 42.9 Å². The number of thiazole rings is 1. The van der Waals surface area contributed by atoms with E-state index < -0.39 is 11.7 Å². The summed E-state index contributed by atoms with van der Waals surface area (Å²) in [6.45, 7) is 19.5. The van der Waals surface area contributed by atoms with Crippen molar-refractivity contribution in [3.8, 4) is 10.6 Å². The number of ether oxygens (including phenoxy) is 1. The topological polar surface area (TPSA) is 98.3 Å². The number of anilines is 1. The number of nitrogens with zero attached hydrogens (tertiary/aromatic N) is 5. The summed E-state index contributed by atoms with van der Waals surface area (Å²) in [6, 6.07) is 14.2. The van der Waals surface area contributed by atoms with Crippen molar-refractivity contribution in [2.24, 2.45) is 0 Å². The average molecular weight is 677 g/mol. The summed E-state index contributed by atoms with van der Waals surface area (Å²) in [7, 11) is 1.79. The van der Waals surface area contributed by atoms with E-state index in [0.717, 1.165) is 27.5 Å². The third kappa shape index (κ3) is 9.56. The SMILES string of the molecule is Cc1ccc(-c2nc(C(C)(C)C)cs2)cc1N(CC(=O)NCCN(C(=O)OC(C)(C)C)C(C)C)CC(=O)N(C)N1Cc2ccccc2C1. The number of hydrazine groups is 1. The van der Waals surface area contributed by atoms with Crippen molar-refractivity contribution in [3.05, 3.63) is 70.2 Å². The lowest BCUT2D eigenvalue weighted by Crippen LogP contribution is -2.49. The largest absolute Gasteiger partial charge is 0.444 e. The lowest BCUT2D eigenvalue weighted by atomic mass is 9.93. The summed E-state index contributed by atoms with van der Waals surface area (Å²) in [4.78, 5) is 48.4. The molecule has 0 fully saturated rings. The highest BCUT2D eigenvalue weighted by molar-refractivity contribution is 7.13. The zero-order valence-corrected chi connectivity index (χ0v) is 31.0. The Morgan fingerprint density at radius 3 is 2.21 bits per heavy atom. The summed E-state index contributed by atoms with van der Waals surface area (Å²) in [5.41, 5.74) is 5.40. The molecule has 0 spiro atoms. The first kappa shape index (κ1) is 36.9. The highest BCUT2D eigenvalue weighted by Gasteiger charge is 2.28. The van der Waals surface area contributed by atoms with E-state index in [2.05, 4.69) is 43.6 Å². The van der Waals surface area contributed by atoms with Crippen LogP contribution in [0.1, 0.15) is 77.8 Å². The van der Waals surface area contributed by atoms with Crippen LogP contribution in [0.4, 0.5) is 10.5 Å². The second-order valence-electron chi connectivity index (χ2n) is 14.8. The van der Waals surface area contributed by atoms with Crippen LogP contribution in [0.2, 0.25) is 0 Å². The normalized spacial score (nSPS) is 13.3. The third-order valence-electron chi connectivity index (χ3n) is 8.27. The Hall–Kier alpha value is -3.96. The van der Waals surface area contributed by atoms with Crippen molar-refractivity contribution in [3.63, 3.8) is 0 Å². The molecule has 11 heteroatoms. The molecule has 260 valence electrons. The third-order valence-corrected chi connectivity index (χ3v) is 9.16. The standard InChI is InChI=1S/C37H52N6O4S/c1-25(2)43(35(46)47-37(7,8)9)18-17-38-32(44)22-41(23-33(45)40(10)42-20-28-13-11-12-14-29(28)21-42)30-19-27(16-15-26(30)3)34-39-31(24-48-34)36(4,5)6/h11-16,19,24-25H,17-18,20-23H2,1-10H3,(H,38,44). The van der Waals surface area contributed by atoms with E-state index in [1.165, 1.54) is 11.1 Å². The molecule has 1 aliphatic rings. The number of aromatic nitrogens is 1. The number of hydrogen-bond acceptors (Lipinski definition) is 8. The molecule has 0 bridgehead atoms. The zero-order valence-electron chi connectivity index (χ0n) is 30.2. The first-order valence-electron chi connectivity index (χ1n) is 16.6. The minimum atomic E-state index is -0.620. The molecule has 1 aliphatic heterocycles. The molecule has 2 heterocycles. The molecule has 1 N–H and O–H groups in total. The zero-order chi connectivity index (χ0) is 35.4. The van der Waals surface area contributed by atoms with E-state index in [0.29, 0.717) is 19.6 Å². The number of aryl methyl sites for hydroxylation is 1. The van der Waals surface area contributed by atoms with Gasteiger partial charge in [0.15, 0.2) is 0 Å². The van der Waals surface area contributed by atoms with Crippen LogP contribution in [0.5, 0.6) is 0 Å². The molecule has 0 radical (unpaired) electrons. The van der Waals surface area contributed by atoms with Crippen LogP contribution in [-0.4, -0.2) is 82.7 Å². The van der Waals surface area contributed by atoms with Crippen molar-refractivity contribution >= 4 is 34.9 Å². The molecular formula is C37H52N6O4S. The van der Waals surface area contributed by atoms with Crippen LogP contribution in [-0.2, 0) is 32.8 Å². The minimum absolute atomic E-state index is 0.00218. The van der Waals surface area contributed by atoms with Crippen LogP contribution >= 0.6 is 11.3 Å². The van der Waals surface area contributed by atoms with Crippen LogP contribution in [0.15, 0.2) is 47.8 Å². The molecule has 0 unspecified atom stereocenters.